The van der Waals surface area contributed by atoms with Crippen molar-refractivity contribution in [2.45, 2.75) is 18.9 Å². The molecule has 1 aliphatic rings. The molecule has 1 aliphatic heterocycles. The molecule has 8 N–H and O–H groups in total. The monoisotopic (exact) mass is 454 g/mol. The van der Waals surface area contributed by atoms with Crippen molar-refractivity contribution in [1.29, 1.82) is 0 Å². The highest BCUT2D eigenvalue weighted by atomic mass is 32.1. The number of thiophene rings is 1. The first-order chi connectivity index (χ1) is 15.2. The summed E-state index contributed by atoms with van der Waals surface area (Å²) in [4.78, 5) is 43.4. The summed E-state index contributed by atoms with van der Waals surface area (Å²) >= 11 is 1.04. The number of aliphatic hydroxyl groups excluding tert-OH is 1. The molecule has 4 rings (SSSR count). The van der Waals surface area contributed by atoms with Gasteiger partial charge in [-0.15, -0.1) is 11.3 Å². The summed E-state index contributed by atoms with van der Waals surface area (Å²) in [5, 5.41) is 12.9. The Kier molecular flexibility index (Phi) is 5.68. The van der Waals surface area contributed by atoms with Crippen molar-refractivity contribution in [3.8, 4) is 0 Å². The zero-order valence-corrected chi connectivity index (χ0v) is 17.8. The predicted molar refractivity (Wildman–Crippen MR) is 123 cm³/mol. The third kappa shape index (κ3) is 4.07. The summed E-state index contributed by atoms with van der Waals surface area (Å²) in [5.41, 5.74) is 18.0. The highest BCUT2D eigenvalue weighted by molar-refractivity contribution is 7.21. The van der Waals surface area contributed by atoms with Crippen molar-refractivity contribution in [3.63, 3.8) is 0 Å². The maximum absolute atomic E-state index is 13.2. The first-order valence-electron chi connectivity index (χ1n) is 9.91. The number of amides is 3. The van der Waals surface area contributed by atoms with Crippen LogP contribution >= 0.6 is 11.3 Å². The van der Waals surface area contributed by atoms with Crippen molar-refractivity contribution in [2.24, 2.45) is 11.5 Å². The number of nitrogen functional groups attached to an aromatic ring is 1. The Bertz CT molecular complexity index is 1220. The number of piperidine rings is 1. The Morgan fingerprint density at radius 1 is 1.09 bits per heavy atom. The molecule has 0 unspecified atom stereocenters. The Balaban J connectivity index is 1.75. The molecule has 0 bridgehead atoms. The number of aromatic nitrogens is 1. The second-order valence-corrected chi connectivity index (χ2v) is 8.53. The van der Waals surface area contributed by atoms with Crippen molar-refractivity contribution in [2.75, 3.05) is 29.0 Å². The summed E-state index contributed by atoms with van der Waals surface area (Å²) in [7, 11) is 0. The predicted octanol–water partition coefficient (Wildman–Crippen LogP) is 1.29. The lowest BCUT2D eigenvalue weighted by Gasteiger charge is -2.30. The number of nitrogens with one attached hydrogen (secondary N) is 1. The zero-order valence-electron chi connectivity index (χ0n) is 17.0. The van der Waals surface area contributed by atoms with E-state index in [0.29, 0.717) is 53.2 Å². The molecule has 1 saturated heterocycles. The number of hydrogen-bond acceptors (Lipinski definition) is 8. The average molecular weight is 455 g/mol. The minimum absolute atomic E-state index is 0.111. The van der Waals surface area contributed by atoms with E-state index in [1.165, 1.54) is 12.1 Å². The smallest absolute Gasteiger partial charge is 0.260 e. The van der Waals surface area contributed by atoms with Crippen LogP contribution in [0, 0.1) is 0 Å². The number of benzene rings is 1. The van der Waals surface area contributed by atoms with Gasteiger partial charge in [-0.2, -0.15) is 0 Å². The summed E-state index contributed by atoms with van der Waals surface area (Å²) in [6.45, 7) is 1.16. The van der Waals surface area contributed by atoms with E-state index in [9.17, 15) is 19.5 Å². The van der Waals surface area contributed by atoms with Crippen molar-refractivity contribution in [3.05, 3.63) is 46.3 Å². The molecule has 3 heterocycles. The van der Waals surface area contributed by atoms with E-state index >= 15 is 0 Å². The molecule has 0 aliphatic carbocycles. The van der Waals surface area contributed by atoms with Gasteiger partial charge >= 0.3 is 0 Å². The minimum Gasteiger partial charge on any atom is -0.397 e. The third-order valence-corrected chi connectivity index (χ3v) is 6.48. The quantitative estimate of drug-likeness (QED) is 0.385. The second kappa shape index (κ2) is 8.44. The summed E-state index contributed by atoms with van der Waals surface area (Å²) in [5.74, 6) is -1.17. The maximum Gasteiger partial charge on any atom is 0.260 e. The largest absolute Gasteiger partial charge is 0.397 e. The fraction of sp³-hybridized carbons (Fsp3) is 0.238. The summed E-state index contributed by atoms with van der Waals surface area (Å²) in [6, 6.07) is 7.77. The molecule has 0 spiro atoms. The van der Waals surface area contributed by atoms with Gasteiger partial charge in [0.15, 0.2) is 0 Å². The lowest BCUT2D eigenvalue weighted by atomic mass is 10.1. The molecule has 3 aromatic rings. The first-order valence-corrected chi connectivity index (χ1v) is 10.7. The molecule has 0 atom stereocenters. The number of fused-ring (bicyclic) bond motifs is 1. The van der Waals surface area contributed by atoms with Gasteiger partial charge < -0.3 is 32.5 Å². The van der Waals surface area contributed by atoms with Crippen LogP contribution in [0.5, 0.6) is 0 Å². The van der Waals surface area contributed by atoms with Crippen LogP contribution in [-0.2, 0) is 0 Å². The van der Waals surface area contributed by atoms with E-state index in [1.807, 2.05) is 4.90 Å². The zero-order chi connectivity index (χ0) is 23.0. The van der Waals surface area contributed by atoms with Gasteiger partial charge in [0.2, 0.25) is 5.91 Å². The molecule has 32 heavy (non-hydrogen) atoms. The molecule has 0 saturated carbocycles. The first kappa shape index (κ1) is 21.5. The normalized spacial score (nSPS) is 14.5. The number of nitrogens with zero attached hydrogens (tertiary/aromatic N) is 2. The summed E-state index contributed by atoms with van der Waals surface area (Å²) < 4.78 is 0. The fourth-order valence-corrected chi connectivity index (χ4v) is 4.61. The van der Waals surface area contributed by atoms with Crippen molar-refractivity contribution < 1.29 is 19.5 Å². The Morgan fingerprint density at radius 2 is 1.75 bits per heavy atom. The third-order valence-electron chi connectivity index (χ3n) is 5.37. The SMILES string of the molecule is NC(=O)c1ccc(NC(=O)c2cc(N3CCC(O)CC3)nc3sc(C(N)=O)c(N)c23)cc1. The summed E-state index contributed by atoms with van der Waals surface area (Å²) in [6.07, 6.45) is 0.819. The van der Waals surface area contributed by atoms with E-state index in [4.69, 9.17) is 17.2 Å². The van der Waals surface area contributed by atoms with Gasteiger partial charge in [-0.05, 0) is 43.2 Å². The Hall–Kier alpha value is -3.70. The molecule has 3 amide bonds. The van der Waals surface area contributed by atoms with Crippen LogP contribution in [0.3, 0.4) is 0 Å². The second-order valence-electron chi connectivity index (χ2n) is 7.53. The van der Waals surface area contributed by atoms with Crippen molar-refractivity contribution in [1.82, 2.24) is 4.98 Å². The fourth-order valence-electron chi connectivity index (χ4n) is 3.64. The van der Waals surface area contributed by atoms with Crippen LogP contribution in [0.1, 0.15) is 43.2 Å². The number of pyridine rings is 1. The van der Waals surface area contributed by atoms with Crippen molar-refractivity contribution >= 4 is 56.5 Å². The van der Waals surface area contributed by atoms with Crippen LogP contribution < -0.4 is 27.4 Å². The standard InChI is InChI=1S/C21H22N6O4S/c22-16-15-13(20(31)25-11-3-1-10(2-4-11)18(23)29)9-14(27-7-5-12(28)6-8-27)26-21(15)32-17(16)19(24)30/h1-4,9,12,28H,5-8,22H2,(H2,23,29)(H2,24,30)(H,25,31). The van der Waals surface area contributed by atoms with E-state index in [1.54, 1.807) is 18.2 Å². The van der Waals surface area contributed by atoms with Crippen LogP contribution in [-0.4, -0.2) is 47.0 Å². The van der Waals surface area contributed by atoms with Gasteiger partial charge in [0.05, 0.1) is 17.4 Å². The lowest BCUT2D eigenvalue weighted by Crippen LogP contribution is -2.36. The van der Waals surface area contributed by atoms with E-state index < -0.39 is 17.7 Å². The van der Waals surface area contributed by atoms with E-state index in [2.05, 4.69) is 10.3 Å². The number of carbonyl (C=O) groups is 3. The van der Waals surface area contributed by atoms with Crippen LogP contribution in [0.25, 0.3) is 10.2 Å². The van der Waals surface area contributed by atoms with Gasteiger partial charge in [-0.3, -0.25) is 14.4 Å². The molecule has 10 nitrogen and oxygen atoms in total. The highest BCUT2D eigenvalue weighted by Gasteiger charge is 2.25. The minimum atomic E-state index is -0.693. The Morgan fingerprint density at radius 3 is 2.34 bits per heavy atom. The van der Waals surface area contributed by atoms with Crippen LogP contribution in [0.2, 0.25) is 0 Å². The number of rotatable bonds is 5. The molecular formula is C21H22N6O4S. The van der Waals surface area contributed by atoms with Crippen LogP contribution in [0.4, 0.5) is 17.2 Å². The lowest BCUT2D eigenvalue weighted by molar-refractivity contribution is 0.0994. The molecule has 1 fully saturated rings. The number of anilines is 3. The van der Waals surface area contributed by atoms with Gasteiger partial charge in [0, 0.05) is 29.7 Å². The maximum atomic E-state index is 13.2. The molecular weight excluding hydrogens is 432 g/mol. The number of carbonyl (C=O) groups excluding carboxylic acids is 3. The molecule has 166 valence electrons. The molecule has 1 aromatic carbocycles. The van der Waals surface area contributed by atoms with Crippen LogP contribution in [0.15, 0.2) is 30.3 Å². The highest BCUT2D eigenvalue weighted by Crippen LogP contribution is 2.37. The van der Waals surface area contributed by atoms with Gasteiger partial charge in [-0.1, -0.05) is 0 Å². The average Bonchev–Trinajstić information content (AvgIpc) is 3.11. The molecule has 0 radical (unpaired) electrons. The van der Waals surface area contributed by atoms with Gasteiger partial charge in [0.1, 0.15) is 15.5 Å². The van der Waals surface area contributed by atoms with E-state index in [0.717, 1.165) is 11.3 Å². The molecule has 2 aromatic heterocycles. The number of primary amides is 2. The number of hydrogen-bond donors (Lipinski definition) is 5. The number of aliphatic hydroxyl groups is 1. The van der Waals surface area contributed by atoms with Gasteiger partial charge in [0.25, 0.3) is 11.8 Å². The topological polar surface area (TPSA) is 178 Å². The van der Waals surface area contributed by atoms with Gasteiger partial charge in [-0.25, -0.2) is 4.98 Å². The molecule has 11 heteroatoms. The van der Waals surface area contributed by atoms with E-state index in [-0.39, 0.29) is 22.2 Å². The number of nitrogens with two attached hydrogens (primary N) is 3. The Labute approximate surface area is 187 Å².